The quantitative estimate of drug-likeness (QED) is 0.861. The Kier molecular flexibility index (Phi) is 5.37. The molecule has 0 spiro atoms. The molecule has 1 N–H and O–H groups in total. The van der Waals surface area contributed by atoms with E-state index in [1.807, 2.05) is 24.3 Å². The van der Waals surface area contributed by atoms with Crippen LogP contribution in [0.3, 0.4) is 0 Å². The predicted molar refractivity (Wildman–Crippen MR) is 98.1 cm³/mol. The Morgan fingerprint density at radius 2 is 1.80 bits per heavy atom. The number of phenolic OH excluding ortho intramolecular Hbond substituents is 1. The fourth-order valence-corrected chi connectivity index (χ4v) is 3.26. The van der Waals surface area contributed by atoms with E-state index < -0.39 is 0 Å². The van der Waals surface area contributed by atoms with E-state index in [4.69, 9.17) is 5.26 Å². The SMILES string of the molecule is N#Cc1ccc(CN2CCN(C(=O)c3ccc(Br)cc3O)CC2)cc1. The molecule has 25 heavy (non-hydrogen) atoms. The predicted octanol–water partition coefficient (Wildman–Crippen LogP) is 2.98. The molecule has 1 heterocycles. The minimum atomic E-state index is -0.136. The van der Waals surface area contributed by atoms with Crippen LogP contribution in [0.4, 0.5) is 0 Å². The topological polar surface area (TPSA) is 67.6 Å². The van der Waals surface area contributed by atoms with E-state index in [1.165, 1.54) is 6.07 Å². The lowest BCUT2D eigenvalue weighted by molar-refractivity contribution is 0.0625. The molecule has 128 valence electrons. The summed E-state index contributed by atoms with van der Waals surface area (Å²) < 4.78 is 0.744. The third kappa shape index (κ3) is 4.19. The van der Waals surface area contributed by atoms with Gasteiger partial charge in [0.15, 0.2) is 0 Å². The minimum Gasteiger partial charge on any atom is -0.507 e. The molecular weight excluding hydrogens is 382 g/mol. The van der Waals surface area contributed by atoms with Crippen LogP contribution >= 0.6 is 15.9 Å². The molecule has 0 aromatic heterocycles. The molecule has 1 aliphatic heterocycles. The summed E-state index contributed by atoms with van der Waals surface area (Å²) in [6, 6.07) is 14.6. The van der Waals surface area contributed by atoms with Crippen LogP contribution in [0.2, 0.25) is 0 Å². The lowest BCUT2D eigenvalue weighted by Crippen LogP contribution is -2.48. The highest BCUT2D eigenvalue weighted by Crippen LogP contribution is 2.24. The Hall–Kier alpha value is -2.36. The second-order valence-electron chi connectivity index (χ2n) is 6.04. The molecule has 0 unspecified atom stereocenters. The van der Waals surface area contributed by atoms with Crippen LogP contribution in [-0.4, -0.2) is 47.0 Å². The van der Waals surface area contributed by atoms with E-state index in [0.717, 1.165) is 29.7 Å². The van der Waals surface area contributed by atoms with E-state index in [9.17, 15) is 9.90 Å². The molecule has 0 radical (unpaired) electrons. The van der Waals surface area contributed by atoms with Crippen molar-refractivity contribution in [2.24, 2.45) is 0 Å². The number of aromatic hydroxyl groups is 1. The Bertz CT molecular complexity index is 806. The van der Waals surface area contributed by atoms with Crippen molar-refractivity contribution in [2.75, 3.05) is 26.2 Å². The first-order chi connectivity index (χ1) is 12.1. The molecule has 6 heteroatoms. The van der Waals surface area contributed by atoms with Crippen LogP contribution in [0, 0.1) is 11.3 Å². The van der Waals surface area contributed by atoms with Crippen LogP contribution < -0.4 is 0 Å². The summed E-state index contributed by atoms with van der Waals surface area (Å²) in [5, 5.41) is 18.8. The maximum atomic E-state index is 12.6. The molecule has 0 aliphatic carbocycles. The Morgan fingerprint density at radius 3 is 2.40 bits per heavy atom. The van der Waals surface area contributed by atoms with Crippen LogP contribution in [0.5, 0.6) is 5.75 Å². The van der Waals surface area contributed by atoms with Crippen molar-refractivity contribution < 1.29 is 9.90 Å². The van der Waals surface area contributed by atoms with E-state index in [-0.39, 0.29) is 11.7 Å². The summed E-state index contributed by atoms with van der Waals surface area (Å²) in [5.74, 6) is -0.137. The van der Waals surface area contributed by atoms with Gasteiger partial charge in [-0.3, -0.25) is 9.69 Å². The Morgan fingerprint density at radius 1 is 1.12 bits per heavy atom. The second kappa shape index (κ2) is 7.68. The van der Waals surface area contributed by atoms with Crippen LogP contribution in [0.25, 0.3) is 0 Å². The number of nitrogens with zero attached hydrogens (tertiary/aromatic N) is 3. The second-order valence-corrected chi connectivity index (χ2v) is 6.95. The van der Waals surface area contributed by atoms with E-state index in [1.54, 1.807) is 17.0 Å². The van der Waals surface area contributed by atoms with Gasteiger partial charge in [0.25, 0.3) is 5.91 Å². The maximum Gasteiger partial charge on any atom is 0.257 e. The molecule has 3 rings (SSSR count). The largest absolute Gasteiger partial charge is 0.507 e. The smallest absolute Gasteiger partial charge is 0.257 e. The highest BCUT2D eigenvalue weighted by atomic mass is 79.9. The van der Waals surface area contributed by atoms with Crippen LogP contribution in [0.15, 0.2) is 46.9 Å². The van der Waals surface area contributed by atoms with Crippen molar-refractivity contribution in [3.05, 3.63) is 63.6 Å². The number of benzene rings is 2. The summed E-state index contributed by atoms with van der Waals surface area (Å²) >= 11 is 3.28. The van der Waals surface area contributed by atoms with Crippen LogP contribution in [0.1, 0.15) is 21.5 Å². The van der Waals surface area contributed by atoms with Gasteiger partial charge in [0.05, 0.1) is 17.2 Å². The van der Waals surface area contributed by atoms with Gasteiger partial charge in [-0.1, -0.05) is 28.1 Å². The standard InChI is InChI=1S/C19H18BrN3O2/c20-16-5-6-17(18(24)11-16)19(25)23-9-7-22(8-10-23)13-15-3-1-14(12-21)2-4-15/h1-6,11,24H,7-10,13H2. The van der Waals surface area contributed by atoms with Crippen molar-refractivity contribution in [2.45, 2.75) is 6.54 Å². The monoisotopic (exact) mass is 399 g/mol. The first-order valence-corrected chi connectivity index (χ1v) is 8.85. The molecular formula is C19H18BrN3O2. The molecule has 0 atom stereocenters. The van der Waals surface area contributed by atoms with Crippen molar-refractivity contribution in [3.8, 4) is 11.8 Å². The number of carbonyl (C=O) groups is 1. The summed E-state index contributed by atoms with van der Waals surface area (Å²) in [5.41, 5.74) is 2.15. The zero-order valence-corrected chi connectivity index (χ0v) is 15.2. The first-order valence-electron chi connectivity index (χ1n) is 8.06. The molecule has 1 aliphatic rings. The van der Waals surface area contributed by atoms with Crippen molar-refractivity contribution in [3.63, 3.8) is 0 Å². The van der Waals surface area contributed by atoms with Gasteiger partial charge >= 0.3 is 0 Å². The molecule has 0 bridgehead atoms. The van der Waals surface area contributed by atoms with Crippen LogP contribution in [-0.2, 0) is 6.54 Å². The fourth-order valence-electron chi connectivity index (χ4n) is 2.91. The van der Waals surface area contributed by atoms with Gasteiger partial charge < -0.3 is 10.0 Å². The maximum absolute atomic E-state index is 12.6. The third-order valence-electron chi connectivity index (χ3n) is 4.34. The minimum absolute atomic E-state index is 0.000567. The first kappa shape index (κ1) is 17.5. The molecule has 1 amide bonds. The van der Waals surface area contributed by atoms with Crippen molar-refractivity contribution in [1.82, 2.24) is 9.80 Å². The number of carbonyl (C=O) groups excluding carboxylic acids is 1. The van der Waals surface area contributed by atoms with Gasteiger partial charge in [-0.05, 0) is 35.9 Å². The summed E-state index contributed by atoms with van der Waals surface area (Å²) in [6.07, 6.45) is 0. The molecule has 2 aromatic carbocycles. The van der Waals surface area contributed by atoms with Gasteiger partial charge in [-0.15, -0.1) is 0 Å². The normalized spacial score (nSPS) is 15.0. The number of rotatable bonds is 3. The lowest BCUT2D eigenvalue weighted by Gasteiger charge is -2.34. The number of piperazine rings is 1. The molecule has 2 aromatic rings. The van der Waals surface area contributed by atoms with E-state index >= 15 is 0 Å². The zero-order chi connectivity index (χ0) is 17.8. The highest BCUT2D eigenvalue weighted by molar-refractivity contribution is 9.10. The molecule has 5 nitrogen and oxygen atoms in total. The number of nitriles is 1. The van der Waals surface area contributed by atoms with Crippen molar-refractivity contribution in [1.29, 1.82) is 5.26 Å². The van der Waals surface area contributed by atoms with Gasteiger partial charge in [0.1, 0.15) is 5.75 Å². The average molecular weight is 400 g/mol. The third-order valence-corrected chi connectivity index (χ3v) is 4.83. The molecule has 1 fully saturated rings. The molecule has 1 saturated heterocycles. The number of hydrogen-bond donors (Lipinski definition) is 1. The number of halogens is 1. The van der Waals surface area contributed by atoms with E-state index in [2.05, 4.69) is 26.9 Å². The van der Waals surface area contributed by atoms with Gasteiger partial charge in [-0.25, -0.2) is 0 Å². The average Bonchev–Trinajstić information content (AvgIpc) is 2.62. The van der Waals surface area contributed by atoms with Crippen molar-refractivity contribution >= 4 is 21.8 Å². The number of hydrogen-bond acceptors (Lipinski definition) is 4. The summed E-state index contributed by atoms with van der Waals surface area (Å²) in [6.45, 7) is 3.62. The zero-order valence-electron chi connectivity index (χ0n) is 13.7. The van der Waals surface area contributed by atoms with Gasteiger partial charge in [-0.2, -0.15) is 5.26 Å². The Balaban J connectivity index is 1.57. The van der Waals surface area contributed by atoms with Gasteiger partial charge in [0.2, 0.25) is 0 Å². The van der Waals surface area contributed by atoms with E-state index in [0.29, 0.717) is 24.2 Å². The lowest BCUT2D eigenvalue weighted by atomic mass is 10.1. The fraction of sp³-hybridized carbons (Fsp3) is 0.263. The Labute approximate surface area is 155 Å². The molecule has 0 saturated carbocycles. The van der Waals surface area contributed by atoms with Gasteiger partial charge in [0, 0.05) is 37.2 Å². The number of amides is 1. The highest BCUT2D eigenvalue weighted by Gasteiger charge is 2.24. The number of phenols is 1. The summed E-state index contributed by atoms with van der Waals surface area (Å²) in [7, 11) is 0. The summed E-state index contributed by atoms with van der Waals surface area (Å²) in [4.78, 5) is 16.6.